The number of aromatic nitrogens is 2. The zero-order valence-electron chi connectivity index (χ0n) is 12.3. The van der Waals surface area contributed by atoms with E-state index in [1.165, 1.54) is 5.56 Å². The van der Waals surface area contributed by atoms with Crippen molar-refractivity contribution in [2.45, 2.75) is 26.3 Å². The Morgan fingerprint density at radius 3 is 2.68 bits per heavy atom. The molecule has 1 aliphatic rings. The number of nitrogens with zero attached hydrogens (tertiary/aromatic N) is 4. The Labute approximate surface area is 139 Å². The van der Waals surface area contributed by atoms with E-state index in [4.69, 9.17) is 28.5 Å². The molecule has 2 aromatic rings. The third kappa shape index (κ3) is 2.63. The molecule has 0 radical (unpaired) electrons. The summed E-state index contributed by atoms with van der Waals surface area (Å²) in [5.74, 6) is 0.584. The summed E-state index contributed by atoms with van der Waals surface area (Å²) in [6.45, 7) is 4.73. The van der Waals surface area contributed by atoms with Crippen LogP contribution in [0.3, 0.4) is 0 Å². The molecule has 4 nitrogen and oxygen atoms in total. The minimum absolute atomic E-state index is 0.0758. The van der Waals surface area contributed by atoms with Crippen molar-refractivity contribution >= 4 is 29.2 Å². The van der Waals surface area contributed by atoms with Crippen molar-refractivity contribution in [3.05, 3.63) is 50.8 Å². The number of halogens is 2. The summed E-state index contributed by atoms with van der Waals surface area (Å²) in [6, 6.07) is 7.69. The van der Waals surface area contributed by atoms with E-state index in [0.717, 1.165) is 24.2 Å². The lowest BCUT2D eigenvalue weighted by Crippen LogP contribution is -2.35. The molecule has 1 aromatic carbocycles. The molecule has 0 saturated carbocycles. The van der Waals surface area contributed by atoms with Gasteiger partial charge in [-0.25, -0.2) is 9.97 Å². The summed E-state index contributed by atoms with van der Waals surface area (Å²) in [6.07, 6.45) is 0.843. The molecule has 0 fully saturated rings. The third-order valence-electron chi connectivity index (χ3n) is 3.94. The first-order valence-corrected chi connectivity index (χ1v) is 7.75. The lowest BCUT2D eigenvalue weighted by atomic mass is 9.94. The molecule has 0 N–H and O–H groups in total. The second-order valence-electron chi connectivity index (χ2n) is 5.39. The average molecular weight is 333 g/mol. The molecule has 6 heteroatoms. The van der Waals surface area contributed by atoms with Crippen LogP contribution in [0.5, 0.6) is 0 Å². The van der Waals surface area contributed by atoms with Gasteiger partial charge in [-0.05, 0) is 49.6 Å². The average Bonchev–Trinajstić information content (AvgIpc) is 2.49. The Hall–Kier alpha value is -1.83. The zero-order chi connectivity index (χ0) is 15.9. The van der Waals surface area contributed by atoms with E-state index in [1.54, 1.807) is 6.07 Å². The quantitative estimate of drug-likeness (QED) is 0.789. The minimum Gasteiger partial charge on any atom is -0.334 e. The molecule has 0 amide bonds. The van der Waals surface area contributed by atoms with Crippen LogP contribution in [0.25, 0.3) is 0 Å². The van der Waals surface area contributed by atoms with Gasteiger partial charge in [0.2, 0.25) is 5.95 Å². The molecule has 1 atom stereocenters. The third-order valence-corrected chi connectivity index (χ3v) is 4.66. The molecule has 0 aliphatic carbocycles. The van der Waals surface area contributed by atoms with Gasteiger partial charge in [-0.3, -0.25) is 0 Å². The number of fused-ring (bicyclic) bond motifs is 1. The Kier molecular flexibility index (Phi) is 3.94. The molecule has 0 bridgehead atoms. The molecule has 1 unspecified atom stereocenters. The van der Waals surface area contributed by atoms with Gasteiger partial charge in [-0.15, -0.1) is 0 Å². The van der Waals surface area contributed by atoms with Crippen LogP contribution < -0.4 is 4.90 Å². The van der Waals surface area contributed by atoms with E-state index in [-0.39, 0.29) is 6.04 Å². The summed E-state index contributed by atoms with van der Waals surface area (Å²) in [4.78, 5) is 10.9. The number of anilines is 1. The molecule has 0 saturated heterocycles. The highest BCUT2D eigenvalue weighted by molar-refractivity contribution is 6.42. The van der Waals surface area contributed by atoms with Crippen molar-refractivity contribution in [3.63, 3.8) is 0 Å². The smallest absolute Gasteiger partial charge is 0.227 e. The summed E-state index contributed by atoms with van der Waals surface area (Å²) >= 11 is 12.3. The fourth-order valence-corrected chi connectivity index (χ4v) is 3.18. The fraction of sp³-hybridized carbons (Fsp3) is 0.312. The maximum absolute atomic E-state index is 9.08. The van der Waals surface area contributed by atoms with Crippen LogP contribution in [-0.4, -0.2) is 16.5 Å². The summed E-state index contributed by atoms with van der Waals surface area (Å²) in [7, 11) is 0. The molecular weight excluding hydrogens is 319 g/mol. The molecule has 112 valence electrons. The van der Waals surface area contributed by atoms with Gasteiger partial charge in [0.1, 0.15) is 11.8 Å². The van der Waals surface area contributed by atoms with Gasteiger partial charge < -0.3 is 4.90 Å². The minimum atomic E-state index is 0.0758. The van der Waals surface area contributed by atoms with E-state index in [2.05, 4.69) is 27.9 Å². The lowest BCUT2D eigenvalue weighted by Gasteiger charge is -2.35. The summed E-state index contributed by atoms with van der Waals surface area (Å²) in [5, 5.41) is 10.2. The monoisotopic (exact) mass is 332 g/mol. The van der Waals surface area contributed by atoms with Crippen molar-refractivity contribution in [2.75, 3.05) is 11.4 Å². The van der Waals surface area contributed by atoms with Gasteiger partial charge in [0.15, 0.2) is 0 Å². The molecular formula is C16H14Cl2N4. The number of aryl methyl sites for hydroxylation is 1. The van der Waals surface area contributed by atoms with Gasteiger partial charge >= 0.3 is 0 Å². The standard InChI is InChI=1S/C16H14Cl2N4/c1-9-5-12(8-19)21-16(20-9)22-4-3-11-6-14(17)15(18)7-13(11)10(22)2/h5-7,10H,3-4H2,1-2H3. The highest BCUT2D eigenvalue weighted by atomic mass is 35.5. The summed E-state index contributed by atoms with van der Waals surface area (Å²) in [5.41, 5.74) is 3.50. The van der Waals surface area contributed by atoms with Gasteiger partial charge in [0, 0.05) is 12.2 Å². The second-order valence-corrected chi connectivity index (χ2v) is 6.21. The Balaban J connectivity index is 2.03. The molecule has 22 heavy (non-hydrogen) atoms. The van der Waals surface area contributed by atoms with E-state index >= 15 is 0 Å². The van der Waals surface area contributed by atoms with Crippen molar-refractivity contribution in [1.82, 2.24) is 9.97 Å². The number of hydrogen-bond acceptors (Lipinski definition) is 4. The largest absolute Gasteiger partial charge is 0.334 e. The first kappa shape index (κ1) is 15.1. The maximum Gasteiger partial charge on any atom is 0.227 e. The number of hydrogen-bond donors (Lipinski definition) is 0. The summed E-state index contributed by atoms with van der Waals surface area (Å²) < 4.78 is 0. The predicted octanol–water partition coefficient (Wildman–Crippen LogP) is 4.09. The Bertz CT molecular complexity index is 782. The first-order valence-electron chi connectivity index (χ1n) is 7.00. The molecule has 0 spiro atoms. The van der Waals surface area contributed by atoms with Gasteiger partial charge in [-0.1, -0.05) is 23.2 Å². The van der Waals surface area contributed by atoms with Crippen LogP contribution in [0.15, 0.2) is 18.2 Å². The van der Waals surface area contributed by atoms with Gasteiger partial charge in [0.25, 0.3) is 0 Å². The van der Waals surface area contributed by atoms with Crippen molar-refractivity contribution < 1.29 is 0 Å². The number of rotatable bonds is 1. The van der Waals surface area contributed by atoms with E-state index in [0.29, 0.717) is 21.7 Å². The molecule has 1 aromatic heterocycles. The Morgan fingerprint density at radius 2 is 1.95 bits per heavy atom. The van der Waals surface area contributed by atoms with E-state index in [1.807, 2.05) is 19.1 Å². The van der Waals surface area contributed by atoms with Crippen LogP contribution in [0.1, 0.15) is 35.5 Å². The van der Waals surface area contributed by atoms with Crippen LogP contribution in [-0.2, 0) is 6.42 Å². The SMILES string of the molecule is Cc1cc(C#N)nc(N2CCc3cc(Cl)c(Cl)cc3C2C)n1. The Morgan fingerprint density at radius 1 is 1.23 bits per heavy atom. The maximum atomic E-state index is 9.08. The van der Waals surface area contributed by atoms with Crippen molar-refractivity contribution in [1.29, 1.82) is 5.26 Å². The predicted molar refractivity (Wildman–Crippen MR) is 87.4 cm³/mol. The van der Waals surface area contributed by atoms with Gasteiger partial charge in [0.05, 0.1) is 16.1 Å². The molecule has 2 heterocycles. The van der Waals surface area contributed by atoms with Crippen LogP contribution in [0.4, 0.5) is 5.95 Å². The molecule has 3 rings (SSSR count). The van der Waals surface area contributed by atoms with Crippen LogP contribution in [0, 0.1) is 18.3 Å². The van der Waals surface area contributed by atoms with E-state index in [9.17, 15) is 0 Å². The highest BCUT2D eigenvalue weighted by Gasteiger charge is 2.27. The normalized spacial score (nSPS) is 17.0. The van der Waals surface area contributed by atoms with Crippen molar-refractivity contribution in [2.24, 2.45) is 0 Å². The molecule has 1 aliphatic heterocycles. The van der Waals surface area contributed by atoms with Crippen LogP contribution in [0.2, 0.25) is 10.0 Å². The van der Waals surface area contributed by atoms with E-state index < -0.39 is 0 Å². The van der Waals surface area contributed by atoms with Crippen molar-refractivity contribution in [3.8, 4) is 6.07 Å². The lowest BCUT2D eigenvalue weighted by molar-refractivity contribution is 0.607. The topological polar surface area (TPSA) is 52.8 Å². The first-order chi connectivity index (χ1) is 10.5. The van der Waals surface area contributed by atoms with Crippen LogP contribution >= 0.6 is 23.2 Å². The zero-order valence-corrected chi connectivity index (χ0v) is 13.8. The number of nitriles is 1. The highest BCUT2D eigenvalue weighted by Crippen LogP contribution is 2.36. The fourth-order valence-electron chi connectivity index (χ4n) is 2.82. The van der Waals surface area contributed by atoms with Gasteiger partial charge in [-0.2, -0.15) is 5.26 Å². The second kappa shape index (κ2) is 5.75. The number of benzene rings is 1.